The van der Waals surface area contributed by atoms with Gasteiger partial charge in [-0.3, -0.25) is 0 Å². The van der Waals surface area contributed by atoms with Crippen LogP contribution >= 0.6 is 0 Å². The van der Waals surface area contributed by atoms with Crippen LogP contribution in [-0.2, 0) is 6.54 Å². The average molecular weight is 238 g/mol. The summed E-state index contributed by atoms with van der Waals surface area (Å²) in [5, 5.41) is 10.2. The van der Waals surface area contributed by atoms with Crippen molar-refractivity contribution >= 4 is 10.9 Å². The summed E-state index contributed by atoms with van der Waals surface area (Å²) in [6.07, 6.45) is 9.05. The fourth-order valence-corrected chi connectivity index (χ4v) is 3.06. The van der Waals surface area contributed by atoms with Gasteiger partial charge in [-0.05, 0) is 42.3 Å². The highest BCUT2D eigenvalue weighted by Crippen LogP contribution is 2.27. The summed E-state index contributed by atoms with van der Waals surface area (Å²) >= 11 is 0. The molecule has 1 saturated carbocycles. The van der Waals surface area contributed by atoms with E-state index < -0.39 is 0 Å². The quantitative estimate of drug-likeness (QED) is 0.774. The average Bonchev–Trinajstić information content (AvgIpc) is 2.82. The van der Waals surface area contributed by atoms with E-state index in [1.54, 1.807) is 0 Å². The Morgan fingerprint density at radius 1 is 1.17 bits per heavy atom. The van der Waals surface area contributed by atoms with E-state index >= 15 is 0 Å². The fourth-order valence-electron chi connectivity index (χ4n) is 3.06. The van der Waals surface area contributed by atoms with Crippen LogP contribution in [0.15, 0.2) is 30.5 Å². The van der Waals surface area contributed by atoms with E-state index in [9.17, 15) is 0 Å². The van der Waals surface area contributed by atoms with Crippen LogP contribution in [-0.4, -0.2) is 4.57 Å². The second-order valence-corrected chi connectivity index (χ2v) is 5.36. The van der Waals surface area contributed by atoms with E-state index in [0.717, 1.165) is 18.0 Å². The van der Waals surface area contributed by atoms with Crippen molar-refractivity contribution in [2.75, 3.05) is 0 Å². The molecule has 1 aromatic carbocycles. The van der Waals surface area contributed by atoms with Crippen molar-refractivity contribution in [1.29, 1.82) is 5.26 Å². The molecule has 0 N–H and O–H groups in total. The summed E-state index contributed by atoms with van der Waals surface area (Å²) in [4.78, 5) is 0. The smallest absolute Gasteiger partial charge is 0.0992 e. The Bertz CT molecular complexity index is 583. The van der Waals surface area contributed by atoms with Gasteiger partial charge in [-0.25, -0.2) is 0 Å². The third-order valence-corrected chi connectivity index (χ3v) is 4.08. The highest BCUT2D eigenvalue weighted by atomic mass is 15.0. The zero-order valence-corrected chi connectivity index (χ0v) is 10.6. The first kappa shape index (κ1) is 11.3. The van der Waals surface area contributed by atoms with Crippen molar-refractivity contribution in [3.8, 4) is 6.07 Å². The molecule has 1 fully saturated rings. The monoisotopic (exact) mass is 238 g/mol. The zero-order valence-electron chi connectivity index (χ0n) is 10.6. The van der Waals surface area contributed by atoms with Crippen LogP contribution in [0.1, 0.15) is 37.7 Å². The first-order valence-corrected chi connectivity index (χ1v) is 6.86. The second kappa shape index (κ2) is 4.86. The lowest BCUT2D eigenvalue weighted by molar-refractivity contribution is 0.322. The van der Waals surface area contributed by atoms with Crippen molar-refractivity contribution in [1.82, 2.24) is 4.57 Å². The number of fused-ring (bicyclic) bond motifs is 1. The van der Waals surface area contributed by atoms with Crippen molar-refractivity contribution in [3.63, 3.8) is 0 Å². The van der Waals surface area contributed by atoms with Gasteiger partial charge in [0.15, 0.2) is 0 Å². The van der Waals surface area contributed by atoms with E-state index in [1.807, 2.05) is 18.2 Å². The number of hydrogen-bond donors (Lipinski definition) is 0. The van der Waals surface area contributed by atoms with Crippen LogP contribution in [0.5, 0.6) is 0 Å². The van der Waals surface area contributed by atoms with Crippen molar-refractivity contribution in [3.05, 3.63) is 36.0 Å². The molecular weight excluding hydrogens is 220 g/mol. The Morgan fingerprint density at radius 2 is 2.00 bits per heavy atom. The number of nitriles is 1. The molecule has 18 heavy (non-hydrogen) atoms. The van der Waals surface area contributed by atoms with Crippen molar-refractivity contribution in [2.24, 2.45) is 5.92 Å². The van der Waals surface area contributed by atoms with Gasteiger partial charge in [-0.15, -0.1) is 0 Å². The molecule has 1 aliphatic carbocycles. The molecule has 1 aliphatic rings. The lowest BCUT2D eigenvalue weighted by Crippen LogP contribution is -2.13. The van der Waals surface area contributed by atoms with E-state index in [0.29, 0.717) is 0 Å². The summed E-state index contributed by atoms with van der Waals surface area (Å²) in [7, 11) is 0. The van der Waals surface area contributed by atoms with Crippen molar-refractivity contribution < 1.29 is 0 Å². The molecule has 2 heteroatoms. The maximum absolute atomic E-state index is 8.99. The van der Waals surface area contributed by atoms with E-state index in [2.05, 4.69) is 22.9 Å². The predicted octanol–water partition coefficient (Wildman–Crippen LogP) is 4.09. The number of hydrogen-bond acceptors (Lipinski definition) is 1. The first-order valence-electron chi connectivity index (χ1n) is 6.86. The fraction of sp³-hybridized carbons (Fsp3) is 0.438. The molecular formula is C16H18N2. The number of nitrogens with zero attached hydrogens (tertiary/aromatic N) is 2. The third kappa shape index (κ3) is 2.13. The SMILES string of the molecule is N#Cc1ccc2ccn(CC3CCCCC3)c2c1. The molecule has 2 nitrogen and oxygen atoms in total. The molecule has 1 heterocycles. The van der Waals surface area contributed by atoms with E-state index in [-0.39, 0.29) is 0 Å². The molecule has 0 amide bonds. The molecule has 0 unspecified atom stereocenters. The highest BCUT2D eigenvalue weighted by molar-refractivity contribution is 5.81. The maximum Gasteiger partial charge on any atom is 0.0992 e. The number of rotatable bonds is 2. The summed E-state index contributed by atoms with van der Waals surface area (Å²) in [5.74, 6) is 0.820. The second-order valence-electron chi connectivity index (χ2n) is 5.36. The molecule has 1 aromatic heterocycles. The molecule has 0 atom stereocenters. The van der Waals surface area contributed by atoms with Gasteiger partial charge in [0, 0.05) is 18.3 Å². The summed E-state index contributed by atoms with van der Waals surface area (Å²) in [5.41, 5.74) is 1.96. The number of benzene rings is 1. The van der Waals surface area contributed by atoms with Gasteiger partial charge in [0.25, 0.3) is 0 Å². The minimum absolute atomic E-state index is 0.756. The van der Waals surface area contributed by atoms with Crippen LogP contribution in [0, 0.1) is 17.2 Å². The molecule has 0 bridgehead atoms. The van der Waals surface area contributed by atoms with Gasteiger partial charge in [0.1, 0.15) is 0 Å². The topological polar surface area (TPSA) is 28.7 Å². The molecule has 0 radical (unpaired) electrons. The van der Waals surface area contributed by atoms with Crippen LogP contribution in [0.4, 0.5) is 0 Å². The minimum atomic E-state index is 0.756. The molecule has 92 valence electrons. The van der Waals surface area contributed by atoms with Gasteiger partial charge in [-0.2, -0.15) is 5.26 Å². The first-order chi connectivity index (χ1) is 8.86. The Morgan fingerprint density at radius 3 is 2.78 bits per heavy atom. The Hall–Kier alpha value is -1.75. The molecule has 0 spiro atoms. The predicted molar refractivity (Wildman–Crippen MR) is 73.2 cm³/mol. The molecule has 2 aromatic rings. The van der Waals surface area contributed by atoms with Crippen LogP contribution < -0.4 is 0 Å². The van der Waals surface area contributed by atoms with Gasteiger partial charge in [0.2, 0.25) is 0 Å². The number of aromatic nitrogens is 1. The third-order valence-electron chi connectivity index (χ3n) is 4.08. The lowest BCUT2D eigenvalue weighted by Gasteiger charge is -2.22. The molecule has 3 rings (SSSR count). The van der Waals surface area contributed by atoms with Gasteiger partial charge in [-0.1, -0.05) is 25.3 Å². The zero-order chi connectivity index (χ0) is 12.4. The lowest BCUT2D eigenvalue weighted by atomic mass is 9.89. The Kier molecular flexibility index (Phi) is 3.06. The van der Waals surface area contributed by atoms with Gasteiger partial charge < -0.3 is 4.57 Å². The summed E-state index contributed by atoms with van der Waals surface area (Å²) in [6.45, 7) is 1.11. The standard InChI is InChI=1S/C16H18N2/c17-11-14-6-7-15-8-9-18(16(15)10-14)12-13-4-2-1-3-5-13/h6-10,13H,1-5,12H2. The van der Waals surface area contributed by atoms with E-state index in [1.165, 1.54) is 43.0 Å². The molecule has 0 saturated heterocycles. The van der Waals surface area contributed by atoms with E-state index in [4.69, 9.17) is 5.26 Å². The van der Waals surface area contributed by atoms with Gasteiger partial charge in [0.05, 0.1) is 11.6 Å². The van der Waals surface area contributed by atoms with Crippen LogP contribution in [0.25, 0.3) is 10.9 Å². The van der Waals surface area contributed by atoms with Crippen molar-refractivity contribution in [2.45, 2.75) is 38.6 Å². The summed E-state index contributed by atoms with van der Waals surface area (Å²) in [6, 6.07) is 10.3. The molecule has 0 aliphatic heterocycles. The maximum atomic E-state index is 8.99. The van der Waals surface area contributed by atoms with Crippen LogP contribution in [0.3, 0.4) is 0 Å². The minimum Gasteiger partial charge on any atom is -0.347 e. The van der Waals surface area contributed by atoms with Crippen LogP contribution in [0.2, 0.25) is 0 Å². The summed E-state index contributed by atoms with van der Waals surface area (Å²) < 4.78 is 2.33. The Balaban J connectivity index is 1.89. The normalized spacial score (nSPS) is 16.8. The Labute approximate surface area is 108 Å². The highest BCUT2D eigenvalue weighted by Gasteiger charge is 2.14. The van der Waals surface area contributed by atoms with Gasteiger partial charge >= 0.3 is 0 Å². The largest absolute Gasteiger partial charge is 0.347 e.